The summed E-state index contributed by atoms with van der Waals surface area (Å²) in [7, 11) is 0. The van der Waals surface area contributed by atoms with Gasteiger partial charge in [0, 0.05) is 33.8 Å². The van der Waals surface area contributed by atoms with Crippen molar-refractivity contribution in [2.24, 2.45) is 0 Å². The average Bonchev–Trinajstić information content (AvgIpc) is 3.23. The number of thiophene rings is 1. The van der Waals surface area contributed by atoms with E-state index in [0.717, 1.165) is 21.9 Å². The van der Waals surface area contributed by atoms with Crippen molar-refractivity contribution < 1.29 is 9.90 Å². The quantitative estimate of drug-likeness (QED) is 0.448. The van der Waals surface area contributed by atoms with E-state index in [1.807, 2.05) is 10.8 Å². The average molecular weight is 354 g/mol. The molecule has 0 saturated carbocycles. The zero-order valence-electron chi connectivity index (χ0n) is 13.0. The van der Waals surface area contributed by atoms with Crippen LogP contribution in [0, 0.1) is 0 Å². The predicted molar refractivity (Wildman–Crippen MR) is 97.0 cm³/mol. The van der Waals surface area contributed by atoms with E-state index in [1.165, 1.54) is 11.3 Å². The fourth-order valence-electron chi connectivity index (χ4n) is 2.68. The fourth-order valence-corrected chi connectivity index (χ4v) is 3.37. The second kappa shape index (κ2) is 6.15. The summed E-state index contributed by atoms with van der Waals surface area (Å²) in [5, 5.41) is 15.9. The Labute approximate surface area is 145 Å². The highest BCUT2D eigenvalue weighted by atomic mass is 32.1. The van der Waals surface area contributed by atoms with Gasteiger partial charge in [0.25, 0.3) is 11.5 Å². The first-order valence-corrected chi connectivity index (χ1v) is 8.58. The fraction of sp³-hybridized carbons (Fsp3) is 0.118. The number of amides is 1. The van der Waals surface area contributed by atoms with Crippen LogP contribution in [0.25, 0.3) is 33.3 Å². The molecule has 0 saturated heterocycles. The number of nitrogens with one attached hydrogen (secondary N) is 3. The van der Waals surface area contributed by atoms with Crippen LogP contribution in [0.1, 0.15) is 10.4 Å². The number of hydrogen-bond acceptors (Lipinski definition) is 5. The summed E-state index contributed by atoms with van der Waals surface area (Å²) >= 11 is 1.48. The highest BCUT2D eigenvalue weighted by molar-refractivity contribution is 7.09. The molecule has 8 heteroatoms. The molecular weight excluding hydrogens is 340 g/mol. The van der Waals surface area contributed by atoms with Gasteiger partial charge in [-0.3, -0.25) is 9.59 Å². The Hall–Kier alpha value is -2.97. The molecule has 25 heavy (non-hydrogen) atoms. The van der Waals surface area contributed by atoms with Crippen molar-refractivity contribution >= 4 is 39.2 Å². The number of rotatable bonds is 4. The van der Waals surface area contributed by atoms with Gasteiger partial charge in [-0.25, -0.2) is 4.98 Å². The second-order valence-electron chi connectivity index (χ2n) is 5.55. The van der Waals surface area contributed by atoms with E-state index in [1.54, 1.807) is 24.3 Å². The number of benzene rings is 1. The molecule has 3 heterocycles. The molecule has 126 valence electrons. The lowest BCUT2D eigenvalue weighted by Gasteiger charge is -2.02. The molecule has 0 fully saturated rings. The number of fused-ring (bicyclic) bond motifs is 2. The van der Waals surface area contributed by atoms with E-state index in [-0.39, 0.29) is 24.6 Å². The third kappa shape index (κ3) is 2.81. The molecule has 3 aromatic heterocycles. The van der Waals surface area contributed by atoms with Crippen molar-refractivity contribution in [2.45, 2.75) is 0 Å². The van der Waals surface area contributed by atoms with Crippen LogP contribution in [0.4, 0.5) is 0 Å². The van der Waals surface area contributed by atoms with Crippen LogP contribution in [0.3, 0.4) is 0 Å². The maximum atomic E-state index is 12.3. The van der Waals surface area contributed by atoms with Gasteiger partial charge in [-0.2, -0.15) is 0 Å². The lowest BCUT2D eigenvalue weighted by molar-refractivity contribution is 0.0945. The first-order valence-electron chi connectivity index (χ1n) is 7.64. The summed E-state index contributed by atoms with van der Waals surface area (Å²) in [6, 6.07) is 7.01. The smallest absolute Gasteiger partial charge is 0.276 e. The molecule has 4 N–H and O–H groups in total. The molecule has 0 bridgehead atoms. The van der Waals surface area contributed by atoms with Gasteiger partial charge >= 0.3 is 0 Å². The van der Waals surface area contributed by atoms with Gasteiger partial charge in [0.1, 0.15) is 0 Å². The van der Waals surface area contributed by atoms with E-state index in [4.69, 9.17) is 5.11 Å². The topological polar surface area (TPSA) is 111 Å². The summed E-state index contributed by atoms with van der Waals surface area (Å²) in [6.45, 7) is 0.0942. The van der Waals surface area contributed by atoms with Gasteiger partial charge in [-0.05, 0) is 24.3 Å². The van der Waals surface area contributed by atoms with Crippen molar-refractivity contribution in [3.8, 4) is 11.4 Å². The molecule has 0 aliphatic rings. The van der Waals surface area contributed by atoms with Crippen molar-refractivity contribution in [3.05, 3.63) is 50.9 Å². The number of aliphatic hydroxyl groups excluding tert-OH is 1. The highest BCUT2D eigenvalue weighted by Gasteiger charge is 2.12. The van der Waals surface area contributed by atoms with Crippen molar-refractivity contribution in [1.29, 1.82) is 0 Å². The number of H-pyrrole nitrogens is 2. The normalized spacial score (nSPS) is 11.2. The third-order valence-corrected chi connectivity index (χ3v) is 4.60. The first kappa shape index (κ1) is 15.6. The third-order valence-electron chi connectivity index (χ3n) is 3.87. The Balaban J connectivity index is 1.76. The first-order chi connectivity index (χ1) is 12.2. The van der Waals surface area contributed by atoms with Crippen LogP contribution >= 0.6 is 11.3 Å². The van der Waals surface area contributed by atoms with Gasteiger partial charge in [0.2, 0.25) is 0 Å². The monoisotopic (exact) mass is 354 g/mol. The minimum atomic E-state index is -0.265. The number of carbonyl (C=O) groups excluding carboxylic acids is 1. The van der Waals surface area contributed by atoms with Crippen molar-refractivity contribution in [2.75, 3.05) is 13.2 Å². The number of carbonyl (C=O) groups is 1. The van der Waals surface area contributed by atoms with Crippen LogP contribution in [-0.4, -0.2) is 39.1 Å². The van der Waals surface area contributed by atoms with E-state index in [2.05, 4.69) is 20.3 Å². The summed E-state index contributed by atoms with van der Waals surface area (Å²) in [4.78, 5) is 34.7. The Kier molecular flexibility index (Phi) is 3.83. The van der Waals surface area contributed by atoms with Gasteiger partial charge in [0.05, 0.1) is 23.3 Å². The Morgan fingerprint density at radius 3 is 2.92 bits per heavy atom. The highest BCUT2D eigenvalue weighted by Crippen LogP contribution is 2.23. The lowest BCUT2D eigenvalue weighted by atomic mass is 10.1. The van der Waals surface area contributed by atoms with Gasteiger partial charge in [-0.1, -0.05) is 0 Å². The number of nitrogens with zero attached hydrogens (tertiary/aromatic N) is 1. The number of aliphatic hydroxyl groups is 1. The summed E-state index contributed by atoms with van der Waals surface area (Å²) in [5.74, 6) is -0.255. The molecule has 0 unspecified atom stereocenters. The molecule has 7 nitrogen and oxygen atoms in total. The maximum Gasteiger partial charge on any atom is 0.276 e. The van der Waals surface area contributed by atoms with E-state index in [9.17, 15) is 9.59 Å². The van der Waals surface area contributed by atoms with Crippen molar-refractivity contribution in [1.82, 2.24) is 20.3 Å². The summed E-state index contributed by atoms with van der Waals surface area (Å²) in [5.41, 5.74) is 3.39. The van der Waals surface area contributed by atoms with Crippen LogP contribution in [0.2, 0.25) is 0 Å². The molecule has 4 aromatic rings. The standard InChI is InChI=1S/C17H14N4O3S/c22-4-3-18-16(23)9-1-2-11-10(5-9)6-12(19-11)15-17(24)21-14-8-25-7-13(14)20-15/h1-2,5-8,19,22H,3-4H2,(H,18,23)(H,21,24). The van der Waals surface area contributed by atoms with Crippen LogP contribution in [-0.2, 0) is 0 Å². The largest absolute Gasteiger partial charge is 0.395 e. The zero-order chi connectivity index (χ0) is 17.4. The maximum absolute atomic E-state index is 12.3. The minimum absolute atomic E-state index is 0.109. The Bertz CT molecular complexity index is 1140. The minimum Gasteiger partial charge on any atom is -0.395 e. The van der Waals surface area contributed by atoms with E-state index < -0.39 is 0 Å². The molecule has 4 rings (SSSR count). The molecule has 0 aliphatic carbocycles. The molecule has 1 aromatic carbocycles. The molecular formula is C17H14N4O3S. The van der Waals surface area contributed by atoms with Gasteiger partial charge in [-0.15, -0.1) is 11.3 Å². The number of hydrogen-bond donors (Lipinski definition) is 4. The predicted octanol–water partition coefficient (Wildman–Crippen LogP) is 1.85. The van der Waals surface area contributed by atoms with Crippen LogP contribution in [0.5, 0.6) is 0 Å². The van der Waals surface area contributed by atoms with Crippen molar-refractivity contribution in [3.63, 3.8) is 0 Å². The van der Waals surface area contributed by atoms with E-state index >= 15 is 0 Å². The Morgan fingerprint density at radius 1 is 1.20 bits per heavy atom. The second-order valence-corrected chi connectivity index (χ2v) is 6.29. The molecule has 1 amide bonds. The lowest BCUT2D eigenvalue weighted by Crippen LogP contribution is -2.26. The number of aromatic amines is 2. The van der Waals surface area contributed by atoms with E-state index in [0.29, 0.717) is 17.0 Å². The molecule has 0 radical (unpaired) electrons. The van der Waals surface area contributed by atoms with Crippen LogP contribution in [0.15, 0.2) is 39.8 Å². The zero-order valence-corrected chi connectivity index (χ0v) is 13.8. The number of aromatic nitrogens is 3. The van der Waals surface area contributed by atoms with Crippen LogP contribution < -0.4 is 10.9 Å². The molecule has 0 spiro atoms. The van der Waals surface area contributed by atoms with Gasteiger partial charge in [0.15, 0.2) is 5.69 Å². The Morgan fingerprint density at radius 2 is 2.08 bits per heavy atom. The molecule has 0 atom stereocenters. The van der Waals surface area contributed by atoms with Gasteiger partial charge < -0.3 is 20.4 Å². The summed E-state index contributed by atoms with van der Waals surface area (Å²) in [6.07, 6.45) is 0. The molecule has 0 aliphatic heterocycles. The SMILES string of the molecule is O=C(NCCO)c1ccc2[nH]c(-c3nc4cscc4[nH]c3=O)cc2c1. The summed E-state index contributed by atoms with van der Waals surface area (Å²) < 4.78 is 0.